The third-order valence-corrected chi connectivity index (χ3v) is 5.09. The standard InChI is InChI=1S/C19H15ClF3N3S/c1-12-9-14(27-11-13-5-3-2-4-6-13)7-8-16(12)25-18-24-10-15(17(20)26-18)19(21,22)23/h2-10H,11H2,1H3,(H,24,25,26). The number of thioether (sulfide) groups is 1. The highest BCUT2D eigenvalue weighted by atomic mass is 35.5. The summed E-state index contributed by atoms with van der Waals surface area (Å²) < 4.78 is 38.2. The Bertz CT molecular complexity index is 933. The van der Waals surface area contributed by atoms with Crippen LogP contribution in [0.1, 0.15) is 16.7 Å². The zero-order valence-corrected chi connectivity index (χ0v) is 15.8. The van der Waals surface area contributed by atoms with Gasteiger partial charge in [0.1, 0.15) is 10.7 Å². The lowest BCUT2D eigenvalue weighted by Gasteiger charge is -2.12. The number of halogens is 4. The first kappa shape index (κ1) is 19.5. The van der Waals surface area contributed by atoms with E-state index in [4.69, 9.17) is 11.6 Å². The predicted molar refractivity (Wildman–Crippen MR) is 103 cm³/mol. The van der Waals surface area contributed by atoms with Crippen LogP contribution in [-0.4, -0.2) is 9.97 Å². The van der Waals surface area contributed by atoms with Gasteiger partial charge in [0.25, 0.3) is 0 Å². The first-order valence-corrected chi connectivity index (χ1v) is 9.33. The van der Waals surface area contributed by atoms with E-state index in [1.807, 2.05) is 43.3 Å². The minimum Gasteiger partial charge on any atom is -0.324 e. The molecular weight excluding hydrogens is 395 g/mol. The first-order valence-electron chi connectivity index (χ1n) is 7.97. The highest BCUT2D eigenvalue weighted by Crippen LogP contribution is 2.34. The maximum atomic E-state index is 12.7. The second kappa shape index (κ2) is 8.19. The third-order valence-electron chi connectivity index (χ3n) is 3.74. The van der Waals surface area contributed by atoms with E-state index in [1.54, 1.807) is 11.8 Å². The van der Waals surface area contributed by atoms with E-state index in [0.29, 0.717) is 11.9 Å². The maximum absolute atomic E-state index is 12.7. The van der Waals surface area contributed by atoms with Crippen molar-refractivity contribution in [3.05, 3.63) is 76.6 Å². The summed E-state index contributed by atoms with van der Waals surface area (Å²) in [4.78, 5) is 8.49. The zero-order chi connectivity index (χ0) is 19.4. The fourth-order valence-corrected chi connectivity index (χ4v) is 3.53. The highest BCUT2D eigenvalue weighted by Gasteiger charge is 2.34. The number of hydrogen-bond donors (Lipinski definition) is 1. The van der Waals surface area contributed by atoms with E-state index in [9.17, 15) is 13.2 Å². The lowest BCUT2D eigenvalue weighted by Crippen LogP contribution is -2.09. The number of nitrogens with zero attached hydrogens (tertiary/aromatic N) is 2. The normalized spacial score (nSPS) is 11.4. The molecule has 0 aliphatic carbocycles. The van der Waals surface area contributed by atoms with Gasteiger partial charge in [-0.15, -0.1) is 11.8 Å². The number of nitrogens with one attached hydrogen (secondary N) is 1. The Morgan fingerprint density at radius 1 is 1.11 bits per heavy atom. The van der Waals surface area contributed by atoms with Crippen LogP contribution >= 0.6 is 23.4 Å². The molecule has 0 bridgehead atoms. The lowest BCUT2D eigenvalue weighted by molar-refractivity contribution is -0.137. The Labute approximate surface area is 164 Å². The predicted octanol–water partition coefficient (Wildman–Crippen LogP) is 6.49. The summed E-state index contributed by atoms with van der Waals surface area (Å²) >= 11 is 7.33. The molecule has 140 valence electrons. The molecule has 3 nitrogen and oxygen atoms in total. The van der Waals surface area contributed by atoms with Crippen LogP contribution in [0.2, 0.25) is 5.15 Å². The van der Waals surface area contributed by atoms with E-state index in [1.165, 1.54) is 5.56 Å². The Morgan fingerprint density at radius 3 is 2.48 bits per heavy atom. The number of hydrogen-bond acceptors (Lipinski definition) is 4. The van der Waals surface area contributed by atoms with E-state index >= 15 is 0 Å². The van der Waals surface area contributed by atoms with Crippen LogP contribution in [0.4, 0.5) is 24.8 Å². The van der Waals surface area contributed by atoms with Gasteiger partial charge < -0.3 is 5.32 Å². The monoisotopic (exact) mass is 409 g/mol. The second-order valence-corrected chi connectivity index (χ2v) is 7.18. The number of benzene rings is 2. The molecule has 0 aliphatic rings. The van der Waals surface area contributed by atoms with Crippen molar-refractivity contribution in [3.8, 4) is 0 Å². The summed E-state index contributed by atoms with van der Waals surface area (Å²) in [6, 6.07) is 15.9. The van der Waals surface area contributed by atoms with Crippen molar-refractivity contribution in [2.75, 3.05) is 5.32 Å². The maximum Gasteiger partial charge on any atom is 0.420 e. The number of alkyl halides is 3. The van der Waals surface area contributed by atoms with Crippen molar-refractivity contribution in [2.45, 2.75) is 23.7 Å². The van der Waals surface area contributed by atoms with Gasteiger partial charge in [-0.3, -0.25) is 0 Å². The van der Waals surface area contributed by atoms with Crippen molar-refractivity contribution < 1.29 is 13.2 Å². The molecule has 0 unspecified atom stereocenters. The molecule has 0 amide bonds. The summed E-state index contributed by atoms with van der Waals surface area (Å²) in [6.07, 6.45) is -3.90. The van der Waals surface area contributed by atoms with Crippen LogP contribution in [-0.2, 0) is 11.9 Å². The van der Waals surface area contributed by atoms with E-state index < -0.39 is 16.9 Å². The van der Waals surface area contributed by atoms with E-state index in [0.717, 1.165) is 16.2 Å². The molecular formula is C19H15ClF3N3S. The van der Waals surface area contributed by atoms with Crippen molar-refractivity contribution >= 4 is 35.0 Å². The summed E-state index contributed by atoms with van der Waals surface area (Å²) in [5.41, 5.74) is 1.80. The van der Waals surface area contributed by atoms with Gasteiger partial charge in [-0.1, -0.05) is 41.9 Å². The van der Waals surface area contributed by atoms with Crippen LogP contribution in [0.5, 0.6) is 0 Å². The summed E-state index contributed by atoms with van der Waals surface area (Å²) in [5, 5.41) is 2.28. The molecule has 0 saturated heterocycles. The average Bonchev–Trinajstić information content (AvgIpc) is 2.62. The number of anilines is 2. The Kier molecular flexibility index (Phi) is 5.92. The van der Waals surface area contributed by atoms with Gasteiger partial charge >= 0.3 is 6.18 Å². The Balaban J connectivity index is 1.70. The molecule has 3 aromatic rings. The molecule has 0 spiro atoms. The van der Waals surface area contributed by atoms with Gasteiger partial charge in [0, 0.05) is 22.5 Å². The molecule has 1 aromatic heterocycles. The molecule has 1 N–H and O–H groups in total. The Morgan fingerprint density at radius 2 is 1.85 bits per heavy atom. The number of aryl methyl sites for hydroxylation is 1. The van der Waals surface area contributed by atoms with Crippen LogP contribution < -0.4 is 5.32 Å². The zero-order valence-electron chi connectivity index (χ0n) is 14.2. The van der Waals surface area contributed by atoms with Crippen LogP contribution in [0.3, 0.4) is 0 Å². The van der Waals surface area contributed by atoms with E-state index in [2.05, 4.69) is 27.4 Å². The average molecular weight is 410 g/mol. The van der Waals surface area contributed by atoms with Crippen molar-refractivity contribution in [3.63, 3.8) is 0 Å². The van der Waals surface area contributed by atoms with Crippen molar-refractivity contribution in [1.82, 2.24) is 9.97 Å². The smallest absolute Gasteiger partial charge is 0.324 e. The van der Waals surface area contributed by atoms with Gasteiger partial charge in [0.2, 0.25) is 5.95 Å². The van der Waals surface area contributed by atoms with Crippen molar-refractivity contribution in [2.24, 2.45) is 0 Å². The summed E-state index contributed by atoms with van der Waals surface area (Å²) in [7, 11) is 0. The molecule has 0 radical (unpaired) electrons. The van der Waals surface area contributed by atoms with Crippen LogP contribution in [0.25, 0.3) is 0 Å². The lowest BCUT2D eigenvalue weighted by atomic mass is 10.2. The third kappa shape index (κ3) is 5.14. The van der Waals surface area contributed by atoms with Gasteiger partial charge in [0.15, 0.2) is 0 Å². The minimum atomic E-state index is -4.58. The number of aromatic nitrogens is 2. The SMILES string of the molecule is Cc1cc(SCc2ccccc2)ccc1Nc1ncc(C(F)(F)F)c(Cl)n1. The molecule has 0 aliphatic heterocycles. The minimum absolute atomic E-state index is 0.0146. The molecule has 0 atom stereocenters. The van der Waals surface area contributed by atoms with Crippen LogP contribution in [0, 0.1) is 6.92 Å². The number of rotatable bonds is 5. The molecule has 3 rings (SSSR count). The summed E-state index contributed by atoms with van der Waals surface area (Å²) in [5.74, 6) is 0.866. The second-order valence-electron chi connectivity index (χ2n) is 5.77. The van der Waals surface area contributed by atoms with Crippen molar-refractivity contribution in [1.29, 1.82) is 0 Å². The van der Waals surface area contributed by atoms with Gasteiger partial charge in [-0.25, -0.2) is 9.97 Å². The molecule has 27 heavy (non-hydrogen) atoms. The Hall–Kier alpha value is -2.25. The largest absolute Gasteiger partial charge is 0.420 e. The summed E-state index contributed by atoms with van der Waals surface area (Å²) in [6.45, 7) is 1.90. The quantitative estimate of drug-likeness (QED) is 0.386. The molecule has 0 saturated carbocycles. The fraction of sp³-hybridized carbons (Fsp3) is 0.158. The highest BCUT2D eigenvalue weighted by molar-refractivity contribution is 7.98. The molecule has 1 heterocycles. The van der Waals surface area contributed by atoms with E-state index in [-0.39, 0.29) is 5.95 Å². The molecule has 0 fully saturated rings. The van der Waals surface area contributed by atoms with Gasteiger partial charge in [-0.2, -0.15) is 13.2 Å². The van der Waals surface area contributed by atoms with Gasteiger partial charge in [0.05, 0.1) is 0 Å². The first-order chi connectivity index (χ1) is 12.8. The van der Waals surface area contributed by atoms with Crippen LogP contribution in [0.15, 0.2) is 59.6 Å². The topological polar surface area (TPSA) is 37.8 Å². The van der Waals surface area contributed by atoms with Gasteiger partial charge in [-0.05, 0) is 36.2 Å². The fourth-order valence-electron chi connectivity index (χ4n) is 2.34. The molecule has 8 heteroatoms. The molecule has 2 aromatic carbocycles.